The Labute approximate surface area is 138 Å². The molecule has 0 saturated carbocycles. The summed E-state index contributed by atoms with van der Waals surface area (Å²) in [4.78, 5) is 0. The second-order valence-corrected chi connectivity index (χ2v) is 5.89. The number of hydrogen-bond donors (Lipinski definition) is 1. The highest BCUT2D eigenvalue weighted by Crippen LogP contribution is 2.36. The molecule has 3 aromatic carbocycles. The number of benzene rings is 3. The minimum atomic E-state index is -1.13. The Morgan fingerprint density at radius 1 is 0.696 bits per heavy atom. The van der Waals surface area contributed by atoms with E-state index in [1.54, 1.807) is 0 Å². The Morgan fingerprint density at radius 3 is 1.74 bits per heavy atom. The van der Waals surface area contributed by atoms with E-state index in [4.69, 9.17) is 0 Å². The first kappa shape index (κ1) is 15.5. The molecule has 0 aliphatic heterocycles. The van der Waals surface area contributed by atoms with Crippen LogP contribution in [-0.2, 0) is 12.0 Å². The van der Waals surface area contributed by atoms with Crippen LogP contribution < -0.4 is 0 Å². The van der Waals surface area contributed by atoms with E-state index in [1.165, 1.54) is 5.56 Å². The Bertz CT molecular complexity index is 708. The fourth-order valence-electron chi connectivity index (χ4n) is 3.10. The van der Waals surface area contributed by atoms with E-state index in [1.807, 2.05) is 72.8 Å². The van der Waals surface area contributed by atoms with Gasteiger partial charge in [0, 0.05) is 0 Å². The molecule has 3 rings (SSSR count). The summed E-state index contributed by atoms with van der Waals surface area (Å²) in [5.41, 5.74) is 2.82. The summed E-state index contributed by atoms with van der Waals surface area (Å²) in [5.74, 6) is 0. The molecule has 0 spiro atoms. The molecule has 0 bridgehead atoms. The minimum Gasteiger partial charge on any atom is -0.376 e. The molecule has 0 saturated heterocycles. The summed E-state index contributed by atoms with van der Waals surface area (Å²) >= 11 is 0. The summed E-state index contributed by atoms with van der Waals surface area (Å²) in [5, 5.41) is 11.7. The minimum absolute atomic E-state index is 0.889. The largest absolute Gasteiger partial charge is 0.376 e. The van der Waals surface area contributed by atoms with Gasteiger partial charge < -0.3 is 5.11 Å². The summed E-state index contributed by atoms with van der Waals surface area (Å²) in [6.07, 6.45) is 2.12. The first-order valence-electron chi connectivity index (χ1n) is 8.18. The van der Waals surface area contributed by atoms with Crippen molar-refractivity contribution in [1.29, 1.82) is 0 Å². The Morgan fingerprint density at radius 2 is 1.22 bits per heavy atom. The van der Waals surface area contributed by atoms with Crippen molar-refractivity contribution in [1.82, 2.24) is 0 Å². The topological polar surface area (TPSA) is 20.2 Å². The molecule has 1 N–H and O–H groups in total. The number of hydrogen-bond acceptors (Lipinski definition) is 1. The van der Waals surface area contributed by atoms with Gasteiger partial charge in [-0.25, -0.2) is 0 Å². The van der Waals surface area contributed by atoms with Crippen molar-refractivity contribution in [2.75, 3.05) is 0 Å². The zero-order valence-electron chi connectivity index (χ0n) is 13.4. The van der Waals surface area contributed by atoms with Crippen LogP contribution >= 0.6 is 0 Å². The highest BCUT2D eigenvalue weighted by atomic mass is 16.3. The predicted octanol–water partition coefficient (Wildman–Crippen LogP) is 4.92. The average molecular weight is 302 g/mol. The van der Waals surface area contributed by atoms with Crippen LogP contribution in [0.3, 0.4) is 0 Å². The smallest absolute Gasteiger partial charge is 0.140 e. The van der Waals surface area contributed by atoms with Gasteiger partial charge in [0.25, 0.3) is 0 Å². The van der Waals surface area contributed by atoms with Crippen LogP contribution in [0.15, 0.2) is 84.9 Å². The zero-order chi connectivity index (χ0) is 16.1. The first-order valence-corrected chi connectivity index (χ1v) is 8.18. The summed E-state index contributed by atoms with van der Waals surface area (Å²) in [6, 6.07) is 28.1. The second-order valence-electron chi connectivity index (χ2n) is 5.89. The SMILES string of the molecule is CCCc1cccc(C(O)(c2ccccc2)c2ccccc2)c1. The van der Waals surface area contributed by atoms with E-state index in [2.05, 4.69) is 19.1 Å². The van der Waals surface area contributed by atoms with Gasteiger partial charge in [0.1, 0.15) is 5.60 Å². The van der Waals surface area contributed by atoms with Gasteiger partial charge in [-0.2, -0.15) is 0 Å². The maximum atomic E-state index is 11.7. The summed E-state index contributed by atoms with van der Waals surface area (Å²) in [6.45, 7) is 2.17. The molecular weight excluding hydrogens is 280 g/mol. The Balaban J connectivity index is 2.19. The first-order chi connectivity index (χ1) is 11.2. The van der Waals surface area contributed by atoms with Crippen molar-refractivity contribution in [3.63, 3.8) is 0 Å². The van der Waals surface area contributed by atoms with E-state index in [0.717, 1.165) is 29.5 Å². The molecular formula is C22H22O. The highest BCUT2D eigenvalue weighted by Gasteiger charge is 2.33. The van der Waals surface area contributed by atoms with E-state index in [9.17, 15) is 5.11 Å². The van der Waals surface area contributed by atoms with Crippen LogP contribution in [0, 0.1) is 0 Å². The number of rotatable bonds is 5. The molecule has 0 aromatic heterocycles. The summed E-state index contributed by atoms with van der Waals surface area (Å²) < 4.78 is 0. The van der Waals surface area contributed by atoms with Crippen LogP contribution in [0.1, 0.15) is 35.6 Å². The normalized spacial score (nSPS) is 11.4. The molecule has 0 radical (unpaired) electrons. The van der Waals surface area contributed by atoms with Crippen molar-refractivity contribution in [2.45, 2.75) is 25.4 Å². The van der Waals surface area contributed by atoms with Crippen LogP contribution in [0.2, 0.25) is 0 Å². The van der Waals surface area contributed by atoms with Gasteiger partial charge >= 0.3 is 0 Å². The molecule has 116 valence electrons. The van der Waals surface area contributed by atoms with Gasteiger partial charge in [-0.3, -0.25) is 0 Å². The van der Waals surface area contributed by atoms with Crippen molar-refractivity contribution in [2.24, 2.45) is 0 Å². The van der Waals surface area contributed by atoms with Crippen LogP contribution in [0.25, 0.3) is 0 Å². The van der Waals surface area contributed by atoms with Crippen LogP contribution in [0.5, 0.6) is 0 Å². The quantitative estimate of drug-likeness (QED) is 0.663. The molecule has 3 aromatic rings. The van der Waals surface area contributed by atoms with Crippen molar-refractivity contribution < 1.29 is 5.11 Å². The molecule has 23 heavy (non-hydrogen) atoms. The molecule has 0 unspecified atom stereocenters. The Hall–Kier alpha value is -2.38. The van der Waals surface area contributed by atoms with E-state index in [-0.39, 0.29) is 0 Å². The lowest BCUT2D eigenvalue weighted by atomic mass is 9.80. The number of aliphatic hydroxyl groups is 1. The molecule has 0 amide bonds. The van der Waals surface area contributed by atoms with Crippen LogP contribution in [0.4, 0.5) is 0 Å². The average Bonchev–Trinajstić information content (AvgIpc) is 2.63. The molecule has 0 aliphatic rings. The van der Waals surface area contributed by atoms with Crippen molar-refractivity contribution >= 4 is 0 Å². The third kappa shape index (κ3) is 3.06. The molecule has 0 atom stereocenters. The third-order valence-corrected chi connectivity index (χ3v) is 4.27. The van der Waals surface area contributed by atoms with Gasteiger partial charge in [0.2, 0.25) is 0 Å². The third-order valence-electron chi connectivity index (χ3n) is 4.27. The molecule has 1 heteroatoms. The fraction of sp³-hybridized carbons (Fsp3) is 0.182. The van der Waals surface area contributed by atoms with Gasteiger partial charge in [-0.15, -0.1) is 0 Å². The predicted molar refractivity (Wildman–Crippen MR) is 95.4 cm³/mol. The van der Waals surface area contributed by atoms with Gasteiger partial charge in [-0.1, -0.05) is 98.3 Å². The fourth-order valence-corrected chi connectivity index (χ4v) is 3.10. The molecule has 0 aliphatic carbocycles. The Kier molecular flexibility index (Phi) is 4.59. The van der Waals surface area contributed by atoms with Gasteiger partial charge in [0.15, 0.2) is 0 Å². The van der Waals surface area contributed by atoms with Crippen LogP contribution in [-0.4, -0.2) is 5.11 Å². The summed E-state index contributed by atoms with van der Waals surface area (Å²) in [7, 11) is 0. The van der Waals surface area contributed by atoms with Gasteiger partial charge in [-0.05, 0) is 28.7 Å². The lowest BCUT2D eigenvalue weighted by molar-refractivity contribution is 0.125. The van der Waals surface area contributed by atoms with E-state index >= 15 is 0 Å². The standard InChI is InChI=1S/C22H22O/c1-2-10-18-11-9-16-21(17-18)22(23,19-12-5-3-6-13-19)20-14-7-4-8-15-20/h3-9,11-17,23H,2,10H2,1H3. The molecule has 1 nitrogen and oxygen atoms in total. The second kappa shape index (κ2) is 6.80. The lowest BCUT2D eigenvalue weighted by Gasteiger charge is -2.30. The lowest BCUT2D eigenvalue weighted by Crippen LogP contribution is -2.28. The monoisotopic (exact) mass is 302 g/mol. The number of aryl methyl sites for hydroxylation is 1. The van der Waals surface area contributed by atoms with Gasteiger partial charge in [0.05, 0.1) is 0 Å². The highest BCUT2D eigenvalue weighted by molar-refractivity contribution is 5.47. The zero-order valence-corrected chi connectivity index (χ0v) is 13.4. The van der Waals surface area contributed by atoms with Crippen molar-refractivity contribution in [3.05, 3.63) is 107 Å². The maximum Gasteiger partial charge on any atom is 0.140 e. The van der Waals surface area contributed by atoms with Crippen molar-refractivity contribution in [3.8, 4) is 0 Å². The maximum absolute atomic E-state index is 11.7. The van der Waals surface area contributed by atoms with E-state index in [0.29, 0.717) is 0 Å². The molecule has 0 fully saturated rings. The van der Waals surface area contributed by atoms with E-state index < -0.39 is 5.60 Å². The molecule has 0 heterocycles.